The maximum Gasteiger partial charge on any atom is 0.417 e. The van der Waals surface area contributed by atoms with Crippen LogP contribution in [0.25, 0.3) is 0 Å². The molecule has 0 bridgehead atoms. The SMILES string of the molecule is Cc1ccc(N)c(C(=O)N2CC(F)(F)CC(C)C2CNc2ccc(C(F)(F)F)cn2)n1.N=CC=N. The van der Waals surface area contributed by atoms with Crippen molar-refractivity contribution in [1.82, 2.24) is 14.9 Å². The fourth-order valence-electron chi connectivity index (χ4n) is 3.63. The monoisotopic (exact) mass is 499 g/mol. The molecule has 3 rings (SSSR count). The van der Waals surface area contributed by atoms with Gasteiger partial charge in [0.25, 0.3) is 11.8 Å². The molecule has 0 aliphatic carbocycles. The summed E-state index contributed by atoms with van der Waals surface area (Å²) >= 11 is 0. The second-order valence-corrected chi connectivity index (χ2v) is 8.07. The number of carbonyl (C=O) groups is 1. The number of nitrogens with zero attached hydrogens (tertiary/aromatic N) is 3. The van der Waals surface area contributed by atoms with Crippen LogP contribution in [-0.2, 0) is 6.18 Å². The number of alkyl halides is 5. The fraction of sp³-hybridized carbons (Fsp3) is 0.409. The average molecular weight is 499 g/mol. The number of rotatable bonds is 5. The summed E-state index contributed by atoms with van der Waals surface area (Å²) in [4.78, 5) is 21.9. The van der Waals surface area contributed by atoms with E-state index in [1.165, 1.54) is 6.07 Å². The van der Waals surface area contributed by atoms with E-state index < -0.39 is 48.5 Å². The second-order valence-electron chi connectivity index (χ2n) is 8.07. The summed E-state index contributed by atoms with van der Waals surface area (Å²) in [6.07, 6.45) is -2.43. The van der Waals surface area contributed by atoms with Crippen LogP contribution in [0, 0.1) is 23.7 Å². The highest BCUT2D eigenvalue weighted by atomic mass is 19.4. The number of aromatic nitrogens is 2. The summed E-state index contributed by atoms with van der Waals surface area (Å²) in [5, 5.41) is 15.0. The first kappa shape index (κ1) is 27.6. The van der Waals surface area contributed by atoms with Crippen molar-refractivity contribution in [2.75, 3.05) is 24.1 Å². The molecular formula is C22H26F5N7O. The normalized spacial score (nSPS) is 19.2. The number of amides is 1. The predicted molar refractivity (Wildman–Crippen MR) is 122 cm³/mol. The molecule has 0 radical (unpaired) electrons. The molecule has 2 unspecified atom stereocenters. The number of nitrogens with two attached hydrogens (primary N) is 1. The molecule has 2 atom stereocenters. The fourth-order valence-corrected chi connectivity index (χ4v) is 3.63. The number of halogens is 5. The number of likely N-dealkylation sites (tertiary alicyclic amines) is 1. The Morgan fingerprint density at radius 1 is 1.26 bits per heavy atom. The van der Waals surface area contributed by atoms with Crippen LogP contribution < -0.4 is 11.1 Å². The first-order chi connectivity index (χ1) is 16.3. The molecule has 1 aliphatic rings. The highest BCUT2D eigenvalue weighted by Gasteiger charge is 2.46. The van der Waals surface area contributed by atoms with Crippen LogP contribution in [0.5, 0.6) is 0 Å². The summed E-state index contributed by atoms with van der Waals surface area (Å²) in [5.41, 5.74) is 5.42. The lowest BCUT2D eigenvalue weighted by Gasteiger charge is -2.43. The maximum atomic E-state index is 14.3. The third-order valence-corrected chi connectivity index (χ3v) is 5.28. The third kappa shape index (κ3) is 7.42. The molecule has 1 aliphatic heterocycles. The molecular weight excluding hydrogens is 473 g/mol. The Kier molecular flexibility index (Phi) is 8.83. The van der Waals surface area contributed by atoms with Crippen molar-refractivity contribution >= 4 is 29.8 Å². The molecule has 1 saturated heterocycles. The predicted octanol–water partition coefficient (Wildman–Crippen LogP) is 4.27. The topological polar surface area (TPSA) is 132 Å². The van der Waals surface area contributed by atoms with E-state index in [-0.39, 0.29) is 23.7 Å². The summed E-state index contributed by atoms with van der Waals surface area (Å²) in [6, 6.07) is 4.44. The van der Waals surface area contributed by atoms with E-state index in [1.807, 2.05) is 0 Å². The van der Waals surface area contributed by atoms with Crippen molar-refractivity contribution in [1.29, 1.82) is 10.8 Å². The van der Waals surface area contributed by atoms with Crippen LogP contribution in [0.15, 0.2) is 30.5 Å². The van der Waals surface area contributed by atoms with E-state index in [2.05, 4.69) is 15.3 Å². The van der Waals surface area contributed by atoms with Crippen molar-refractivity contribution in [3.05, 3.63) is 47.4 Å². The lowest BCUT2D eigenvalue weighted by atomic mass is 9.88. The Morgan fingerprint density at radius 3 is 2.46 bits per heavy atom. The van der Waals surface area contributed by atoms with Gasteiger partial charge in [-0.15, -0.1) is 0 Å². The van der Waals surface area contributed by atoms with E-state index in [9.17, 15) is 26.7 Å². The Bertz CT molecular complexity index is 1040. The molecule has 35 heavy (non-hydrogen) atoms. The van der Waals surface area contributed by atoms with Gasteiger partial charge < -0.3 is 26.8 Å². The van der Waals surface area contributed by atoms with E-state index in [4.69, 9.17) is 16.6 Å². The number of pyridine rings is 2. The smallest absolute Gasteiger partial charge is 0.397 e. The molecule has 8 nitrogen and oxygen atoms in total. The molecule has 1 fully saturated rings. The van der Waals surface area contributed by atoms with Crippen LogP contribution in [0.3, 0.4) is 0 Å². The van der Waals surface area contributed by atoms with Crippen LogP contribution in [0.4, 0.5) is 33.5 Å². The van der Waals surface area contributed by atoms with Gasteiger partial charge in [0.15, 0.2) is 5.69 Å². The summed E-state index contributed by atoms with van der Waals surface area (Å²) in [6.45, 7) is 2.46. The van der Waals surface area contributed by atoms with Crippen LogP contribution >= 0.6 is 0 Å². The number of carbonyl (C=O) groups excluding carboxylic acids is 1. The van der Waals surface area contributed by atoms with Crippen molar-refractivity contribution in [2.24, 2.45) is 5.92 Å². The molecule has 3 heterocycles. The van der Waals surface area contributed by atoms with Crippen molar-refractivity contribution in [3.8, 4) is 0 Å². The van der Waals surface area contributed by atoms with E-state index in [1.54, 1.807) is 19.9 Å². The Balaban J connectivity index is 0.00000100. The molecule has 2 aromatic rings. The zero-order chi connectivity index (χ0) is 26.4. The van der Waals surface area contributed by atoms with Crippen LogP contribution in [0.2, 0.25) is 0 Å². The first-order valence-corrected chi connectivity index (χ1v) is 10.5. The van der Waals surface area contributed by atoms with Gasteiger partial charge in [-0.1, -0.05) is 6.92 Å². The van der Waals surface area contributed by atoms with Gasteiger partial charge in [-0.3, -0.25) is 4.79 Å². The summed E-state index contributed by atoms with van der Waals surface area (Å²) < 4.78 is 66.6. The van der Waals surface area contributed by atoms with Gasteiger partial charge in [-0.25, -0.2) is 18.7 Å². The lowest BCUT2D eigenvalue weighted by molar-refractivity contribution is -0.137. The van der Waals surface area contributed by atoms with E-state index in [0.717, 1.165) is 29.5 Å². The van der Waals surface area contributed by atoms with Crippen molar-refractivity contribution in [3.63, 3.8) is 0 Å². The molecule has 5 N–H and O–H groups in total. The van der Waals surface area contributed by atoms with Gasteiger partial charge in [-0.2, -0.15) is 13.2 Å². The van der Waals surface area contributed by atoms with Gasteiger partial charge in [-0.05, 0) is 37.1 Å². The Hall–Kier alpha value is -3.64. The van der Waals surface area contributed by atoms with Gasteiger partial charge >= 0.3 is 6.18 Å². The first-order valence-electron chi connectivity index (χ1n) is 10.5. The van der Waals surface area contributed by atoms with E-state index >= 15 is 0 Å². The van der Waals surface area contributed by atoms with Crippen LogP contribution in [0.1, 0.15) is 35.1 Å². The third-order valence-electron chi connectivity index (χ3n) is 5.28. The zero-order valence-electron chi connectivity index (χ0n) is 19.0. The number of nitrogen functional groups attached to an aromatic ring is 1. The number of aryl methyl sites for hydroxylation is 1. The summed E-state index contributed by atoms with van der Waals surface area (Å²) in [7, 11) is 0. The maximum absolute atomic E-state index is 14.3. The van der Waals surface area contributed by atoms with Crippen molar-refractivity contribution in [2.45, 2.75) is 38.4 Å². The molecule has 0 aromatic carbocycles. The minimum Gasteiger partial charge on any atom is -0.397 e. The van der Waals surface area contributed by atoms with Gasteiger partial charge in [0.05, 0.1) is 23.8 Å². The molecule has 190 valence electrons. The highest BCUT2D eigenvalue weighted by Crippen LogP contribution is 2.35. The van der Waals surface area contributed by atoms with Crippen LogP contribution in [-0.4, -0.2) is 58.3 Å². The number of anilines is 2. The molecule has 0 spiro atoms. The van der Waals surface area contributed by atoms with Crippen molar-refractivity contribution < 1.29 is 26.7 Å². The zero-order valence-corrected chi connectivity index (χ0v) is 19.0. The molecule has 0 saturated carbocycles. The van der Waals surface area contributed by atoms with Gasteiger partial charge in [0.1, 0.15) is 5.82 Å². The number of hydrogen-bond acceptors (Lipinski definition) is 7. The van der Waals surface area contributed by atoms with E-state index in [0.29, 0.717) is 11.9 Å². The number of piperidine rings is 1. The Morgan fingerprint density at radius 2 is 1.91 bits per heavy atom. The van der Waals surface area contributed by atoms with Gasteiger partial charge in [0, 0.05) is 37.3 Å². The summed E-state index contributed by atoms with van der Waals surface area (Å²) in [5.74, 6) is -4.27. The molecule has 2 aromatic heterocycles. The number of hydrogen-bond donors (Lipinski definition) is 4. The lowest BCUT2D eigenvalue weighted by Crippen LogP contribution is -2.57. The average Bonchev–Trinajstić information content (AvgIpc) is 2.78. The Labute approximate surface area is 198 Å². The number of nitrogens with one attached hydrogen (secondary N) is 3. The second kappa shape index (κ2) is 11.2. The highest BCUT2D eigenvalue weighted by molar-refractivity contribution is 6.12. The molecule has 1 amide bonds. The largest absolute Gasteiger partial charge is 0.417 e. The minimum atomic E-state index is -4.51. The minimum absolute atomic E-state index is 0.0209. The quantitative estimate of drug-likeness (QED) is 0.360. The molecule has 13 heteroatoms. The van der Waals surface area contributed by atoms with Gasteiger partial charge in [0.2, 0.25) is 0 Å². The standard InChI is InChI=1S/C20H22F5N5O.C2H4N2/c1-11-7-19(21,22)10-30(18(31)17-14(26)5-3-12(2)29-17)15(11)9-28-16-6-4-13(8-27-16)20(23,24)25;3-1-2-4/h3-6,8,11,15H,7,9-10,26H2,1-2H3,(H,27,28);1-4H.